The van der Waals surface area contributed by atoms with Crippen molar-refractivity contribution < 1.29 is 0 Å². The predicted molar refractivity (Wildman–Crippen MR) is 80.5 cm³/mol. The van der Waals surface area contributed by atoms with Gasteiger partial charge < -0.3 is 0 Å². The van der Waals surface area contributed by atoms with E-state index in [9.17, 15) is 0 Å². The van der Waals surface area contributed by atoms with Gasteiger partial charge in [-0.25, -0.2) is 0 Å². The van der Waals surface area contributed by atoms with Crippen molar-refractivity contribution in [2.45, 2.75) is 0 Å². The van der Waals surface area contributed by atoms with Gasteiger partial charge in [0.2, 0.25) is 0 Å². The van der Waals surface area contributed by atoms with E-state index in [2.05, 4.69) is 0 Å². The second-order valence-electron chi connectivity index (χ2n) is 3.81. The van der Waals surface area contributed by atoms with Gasteiger partial charge in [-0.1, -0.05) is 83.9 Å². The maximum Gasteiger partial charge on any atom is 0.0598 e. The van der Waals surface area contributed by atoms with E-state index in [0.717, 1.165) is 11.1 Å². The Bertz CT molecular complexity index is 501. The first kappa shape index (κ1) is 12.9. The van der Waals surface area contributed by atoms with Crippen LogP contribution in [0.15, 0.2) is 70.7 Å². The van der Waals surface area contributed by atoms with E-state index in [0.29, 0.717) is 10.1 Å². The van der Waals surface area contributed by atoms with E-state index in [4.69, 9.17) is 23.2 Å². The number of benzene rings is 2. The zero-order chi connectivity index (χ0) is 12.8. The van der Waals surface area contributed by atoms with Crippen LogP contribution in [0.2, 0.25) is 0 Å². The Balaban J connectivity index is 2.21. The van der Waals surface area contributed by atoms with Gasteiger partial charge in [-0.15, -0.1) is 0 Å². The molecular weight excluding hydrogens is 263 g/mol. The maximum absolute atomic E-state index is 6.18. The van der Waals surface area contributed by atoms with Crippen LogP contribution in [0.1, 0.15) is 11.1 Å². The van der Waals surface area contributed by atoms with Gasteiger partial charge >= 0.3 is 0 Å². The van der Waals surface area contributed by atoms with E-state index in [1.165, 1.54) is 0 Å². The molecule has 0 saturated carbocycles. The molecule has 2 aromatic rings. The van der Waals surface area contributed by atoms with Gasteiger partial charge in [0.15, 0.2) is 0 Å². The van der Waals surface area contributed by atoms with E-state index in [1.807, 2.05) is 72.8 Å². The molecule has 18 heavy (non-hydrogen) atoms. The second kappa shape index (κ2) is 6.44. The lowest BCUT2D eigenvalue weighted by Gasteiger charge is -1.99. The fraction of sp³-hybridized carbons (Fsp3) is 0. The molecule has 0 nitrogen and oxygen atoms in total. The Hall–Kier alpha value is -1.50. The van der Waals surface area contributed by atoms with Crippen molar-refractivity contribution in [1.82, 2.24) is 0 Å². The molecule has 0 aliphatic carbocycles. The van der Waals surface area contributed by atoms with Crippen LogP contribution in [-0.2, 0) is 0 Å². The number of hydrogen-bond donors (Lipinski definition) is 0. The summed E-state index contributed by atoms with van der Waals surface area (Å²) in [6, 6.07) is 19.7. The van der Waals surface area contributed by atoms with Gasteiger partial charge in [0.25, 0.3) is 0 Å². The highest BCUT2D eigenvalue weighted by molar-refractivity contribution is 6.46. The van der Waals surface area contributed by atoms with Crippen molar-refractivity contribution in [3.63, 3.8) is 0 Å². The van der Waals surface area contributed by atoms with Crippen molar-refractivity contribution in [3.05, 3.63) is 81.9 Å². The Morgan fingerprint density at radius 1 is 0.611 bits per heavy atom. The van der Waals surface area contributed by atoms with Crippen molar-refractivity contribution in [2.24, 2.45) is 0 Å². The molecule has 0 aromatic heterocycles. The van der Waals surface area contributed by atoms with Gasteiger partial charge in [-0.3, -0.25) is 0 Å². The molecule has 0 aliphatic heterocycles. The SMILES string of the molecule is ClC(=Cc1ccccc1)C(Cl)=Cc1ccccc1. The molecule has 0 spiro atoms. The summed E-state index contributed by atoms with van der Waals surface area (Å²) in [6.07, 6.45) is 3.70. The predicted octanol–water partition coefficient (Wildman–Crippen LogP) is 5.55. The first-order valence-corrected chi connectivity index (χ1v) is 6.36. The fourth-order valence-corrected chi connectivity index (χ4v) is 1.89. The molecule has 0 bridgehead atoms. The Morgan fingerprint density at radius 3 is 1.28 bits per heavy atom. The van der Waals surface area contributed by atoms with Crippen LogP contribution >= 0.6 is 23.2 Å². The topological polar surface area (TPSA) is 0 Å². The largest absolute Gasteiger partial charge is 0.0827 e. The van der Waals surface area contributed by atoms with Crippen LogP contribution in [0.4, 0.5) is 0 Å². The summed E-state index contributed by atoms with van der Waals surface area (Å²) < 4.78 is 0. The molecule has 2 aromatic carbocycles. The number of halogens is 2. The van der Waals surface area contributed by atoms with E-state index < -0.39 is 0 Å². The second-order valence-corrected chi connectivity index (χ2v) is 4.62. The zero-order valence-electron chi connectivity index (χ0n) is 9.68. The molecule has 0 fully saturated rings. The molecule has 0 heterocycles. The average molecular weight is 275 g/mol. The van der Waals surface area contributed by atoms with E-state index >= 15 is 0 Å². The number of allylic oxidation sites excluding steroid dienone is 2. The molecule has 0 radical (unpaired) electrons. The molecule has 90 valence electrons. The van der Waals surface area contributed by atoms with E-state index in [-0.39, 0.29) is 0 Å². The lowest BCUT2D eigenvalue weighted by Crippen LogP contribution is -1.77. The Labute approximate surface area is 117 Å². The molecule has 0 atom stereocenters. The molecule has 2 heteroatoms. The summed E-state index contributed by atoms with van der Waals surface area (Å²) in [5, 5.41) is 1.07. The highest BCUT2D eigenvalue weighted by atomic mass is 35.5. The maximum atomic E-state index is 6.18. The highest BCUT2D eigenvalue weighted by Gasteiger charge is 1.99. The monoisotopic (exact) mass is 274 g/mol. The van der Waals surface area contributed by atoms with Crippen molar-refractivity contribution >= 4 is 35.4 Å². The van der Waals surface area contributed by atoms with E-state index in [1.54, 1.807) is 0 Å². The summed E-state index contributed by atoms with van der Waals surface area (Å²) in [5.74, 6) is 0. The van der Waals surface area contributed by atoms with Gasteiger partial charge in [0, 0.05) is 0 Å². The van der Waals surface area contributed by atoms with Gasteiger partial charge in [-0.05, 0) is 23.3 Å². The minimum Gasteiger partial charge on any atom is -0.0827 e. The third-order valence-electron chi connectivity index (χ3n) is 2.41. The quantitative estimate of drug-likeness (QED) is 0.644. The standard InChI is InChI=1S/C16H12Cl2/c17-15(11-13-7-3-1-4-8-13)16(18)12-14-9-5-2-6-10-14/h1-12H. The van der Waals surface area contributed by atoms with Crippen LogP contribution in [0, 0.1) is 0 Å². The molecular formula is C16H12Cl2. The third-order valence-corrected chi connectivity index (χ3v) is 3.14. The smallest absolute Gasteiger partial charge is 0.0598 e. The first-order chi connectivity index (χ1) is 8.75. The molecule has 0 aliphatic rings. The summed E-state index contributed by atoms with van der Waals surface area (Å²) in [7, 11) is 0. The fourth-order valence-electron chi connectivity index (χ4n) is 1.53. The van der Waals surface area contributed by atoms with Crippen LogP contribution in [0.5, 0.6) is 0 Å². The highest BCUT2D eigenvalue weighted by Crippen LogP contribution is 2.24. The summed E-state index contributed by atoms with van der Waals surface area (Å²) in [5.41, 5.74) is 2.06. The molecule has 0 amide bonds. The van der Waals surface area contributed by atoms with Crippen LogP contribution < -0.4 is 0 Å². The zero-order valence-corrected chi connectivity index (χ0v) is 11.2. The summed E-state index contributed by atoms with van der Waals surface area (Å²) in [6.45, 7) is 0. The minimum absolute atomic E-state index is 0.534. The number of hydrogen-bond acceptors (Lipinski definition) is 0. The normalized spacial score (nSPS) is 12.6. The summed E-state index contributed by atoms with van der Waals surface area (Å²) in [4.78, 5) is 0. The number of rotatable bonds is 3. The van der Waals surface area contributed by atoms with Crippen molar-refractivity contribution in [2.75, 3.05) is 0 Å². The summed E-state index contributed by atoms with van der Waals surface area (Å²) >= 11 is 12.4. The van der Waals surface area contributed by atoms with Crippen molar-refractivity contribution in [1.29, 1.82) is 0 Å². The van der Waals surface area contributed by atoms with Gasteiger partial charge in [0.05, 0.1) is 10.1 Å². The first-order valence-electron chi connectivity index (χ1n) is 5.60. The van der Waals surface area contributed by atoms with Crippen LogP contribution in [0.3, 0.4) is 0 Å². The molecule has 0 saturated heterocycles. The van der Waals surface area contributed by atoms with Crippen molar-refractivity contribution in [3.8, 4) is 0 Å². The molecule has 2 rings (SSSR count). The molecule has 0 unspecified atom stereocenters. The Morgan fingerprint density at radius 2 is 0.944 bits per heavy atom. The van der Waals surface area contributed by atoms with Gasteiger partial charge in [-0.2, -0.15) is 0 Å². The minimum atomic E-state index is 0.534. The molecule has 0 N–H and O–H groups in total. The van der Waals surface area contributed by atoms with Crippen LogP contribution in [-0.4, -0.2) is 0 Å². The lowest BCUT2D eigenvalue weighted by atomic mass is 10.2. The third kappa shape index (κ3) is 3.76. The average Bonchev–Trinajstić information content (AvgIpc) is 2.41. The van der Waals surface area contributed by atoms with Crippen LogP contribution in [0.25, 0.3) is 12.2 Å². The Kier molecular flexibility index (Phi) is 4.63. The van der Waals surface area contributed by atoms with Gasteiger partial charge in [0.1, 0.15) is 0 Å². The lowest BCUT2D eigenvalue weighted by molar-refractivity contribution is 1.64.